The van der Waals surface area contributed by atoms with Crippen LogP contribution in [-0.2, 0) is 11.2 Å². The molecule has 0 aliphatic rings. The van der Waals surface area contributed by atoms with Crippen molar-refractivity contribution in [2.24, 2.45) is 5.73 Å². The van der Waals surface area contributed by atoms with Crippen molar-refractivity contribution in [3.63, 3.8) is 0 Å². The molecule has 0 aromatic heterocycles. The van der Waals surface area contributed by atoms with Gasteiger partial charge in [0.15, 0.2) is 0 Å². The zero-order valence-corrected chi connectivity index (χ0v) is 9.39. The predicted octanol–water partition coefficient (Wildman–Crippen LogP) is 0.0534. The normalized spacial score (nSPS) is 14.2. The van der Waals surface area contributed by atoms with Crippen molar-refractivity contribution in [3.8, 4) is 0 Å². The molecule has 1 aromatic rings. The first-order valence-electron chi connectivity index (χ1n) is 5.34. The van der Waals surface area contributed by atoms with Gasteiger partial charge in [-0.15, -0.1) is 0 Å². The monoisotopic (exact) mass is 222 g/mol. The predicted molar refractivity (Wildman–Crippen MR) is 62.8 cm³/mol. The van der Waals surface area contributed by atoms with Gasteiger partial charge >= 0.3 is 0 Å². The highest BCUT2D eigenvalue weighted by Crippen LogP contribution is 1.99. The van der Waals surface area contributed by atoms with E-state index in [2.05, 4.69) is 5.32 Å². The highest BCUT2D eigenvalue weighted by Gasteiger charge is 2.10. The Bertz CT molecular complexity index is 325. The second-order valence-corrected chi connectivity index (χ2v) is 3.87. The number of hydrogen-bond donors (Lipinski definition) is 3. The van der Waals surface area contributed by atoms with Crippen LogP contribution in [0.25, 0.3) is 0 Å². The first-order valence-corrected chi connectivity index (χ1v) is 5.34. The van der Waals surface area contributed by atoms with Crippen molar-refractivity contribution < 1.29 is 9.90 Å². The molecule has 0 fully saturated rings. The fourth-order valence-corrected chi connectivity index (χ4v) is 1.25. The van der Waals surface area contributed by atoms with Crippen molar-refractivity contribution in [3.05, 3.63) is 35.9 Å². The smallest absolute Gasteiger partial charge is 0.224 e. The Balaban J connectivity index is 2.32. The third-order valence-corrected chi connectivity index (χ3v) is 2.36. The maximum atomic E-state index is 11.5. The van der Waals surface area contributed by atoms with Gasteiger partial charge in [-0.1, -0.05) is 30.3 Å². The molecule has 1 aromatic carbocycles. The molecule has 0 radical (unpaired) electrons. The van der Waals surface area contributed by atoms with Crippen LogP contribution in [0.15, 0.2) is 30.3 Å². The summed E-state index contributed by atoms with van der Waals surface area (Å²) in [6, 6.07) is 9.07. The number of carbonyl (C=O) groups excluding carboxylic acids is 1. The zero-order chi connectivity index (χ0) is 12.0. The molecule has 2 unspecified atom stereocenters. The molecule has 0 aliphatic heterocycles. The number of nitrogens with two attached hydrogens (primary N) is 1. The number of benzene rings is 1. The fourth-order valence-electron chi connectivity index (χ4n) is 1.25. The van der Waals surface area contributed by atoms with Gasteiger partial charge < -0.3 is 16.2 Å². The SMILES string of the molecule is CC(O)C(N)CNC(=O)Cc1ccccc1. The van der Waals surface area contributed by atoms with Crippen molar-refractivity contribution in [1.29, 1.82) is 0 Å². The number of nitrogens with one attached hydrogen (secondary N) is 1. The Kier molecular flexibility index (Phi) is 4.95. The maximum absolute atomic E-state index is 11.5. The largest absolute Gasteiger partial charge is 0.392 e. The Labute approximate surface area is 95.5 Å². The Morgan fingerprint density at radius 2 is 2.06 bits per heavy atom. The molecule has 1 amide bonds. The molecular formula is C12H18N2O2. The van der Waals surface area contributed by atoms with Gasteiger partial charge in [-0.3, -0.25) is 4.79 Å². The quantitative estimate of drug-likeness (QED) is 0.659. The van der Waals surface area contributed by atoms with Gasteiger partial charge in [0.25, 0.3) is 0 Å². The molecule has 0 saturated carbocycles. The summed E-state index contributed by atoms with van der Waals surface area (Å²) < 4.78 is 0. The lowest BCUT2D eigenvalue weighted by Crippen LogP contribution is -2.44. The summed E-state index contributed by atoms with van der Waals surface area (Å²) in [6.07, 6.45) is -0.273. The summed E-state index contributed by atoms with van der Waals surface area (Å²) >= 11 is 0. The molecule has 0 aliphatic carbocycles. The first-order chi connectivity index (χ1) is 7.59. The molecule has 0 saturated heterocycles. The number of aliphatic hydroxyl groups is 1. The van der Waals surface area contributed by atoms with E-state index < -0.39 is 12.1 Å². The average molecular weight is 222 g/mol. The second kappa shape index (κ2) is 6.25. The van der Waals surface area contributed by atoms with Crippen LogP contribution in [-0.4, -0.2) is 29.7 Å². The third-order valence-electron chi connectivity index (χ3n) is 2.36. The van der Waals surface area contributed by atoms with Gasteiger partial charge in [0.1, 0.15) is 0 Å². The standard InChI is InChI=1S/C12H18N2O2/c1-9(15)11(13)8-14-12(16)7-10-5-3-2-4-6-10/h2-6,9,11,15H,7-8,13H2,1H3,(H,14,16). The van der Waals surface area contributed by atoms with Crippen LogP contribution in [0, 0.1) is 0 Å². The fraction of sp³-hybridized carbons (Fsp3) is 0.417. The van der Waals surface area contributed by atoms with E-state index in [0.717, 1.165) is 5.56 Å². The second-order valence-electron chi connectivity index (χ2n) is 3.87. The summed E-state index contributed by atoms with van der Waals surface area (Å²) in [5.74, 6) is -0.0812. The Morgan fingerprint density at radius 3 is 2.62 bits per heavy atom. The van der Waals surface area contributed by atoms with E-state index in [-0.39, 0.29) is 5.91 Å². The minimum Gasteiger partial charge on any atom is -0.392 e. The van der Waals surface area contributed by atoms with Gasteiger partial charge in [0, 0.05) is 12.6 Å². The maximum Gasteiger partial charge on any atom is 0.224 e. The van der Waals surface area contributed by atoms with Crippen molar-refractivity contribution >= 4 is 5.91 Å². The van der Waals surface area contributed by atoms with Gasteiger partial charge in [-0.2, -0.15) is 0 Å². The number of rotatable bonds is 5. The highest BCUT2D eigenvalue weighted by molar-refractivity contribution is 5.78. The van der Waals surface area contributed by atoms with Gasteiger partial charge in [-0.25, -0.2) is 0 Å². The lowest BCUT2D eigenvalue weighted by Gasteiger charge is -2.15. The van der Waals surface area contributed by atoms with Crippen LogP contribution < -0.4 is 11.1 Å². The molecule has 0 bridgehead atoms. The number of hydrogen-bond acceptors (Lipinski definition) is 3. The number of amides is 1. The summed E-state index contributed by atoms with van der Waals surface area (Å²) in [7, 11) is 0. The van der Waals surface area contributed by atoms with E-state index in [4.69, 9.17) is 10.8 Å². The summed E-state index contributed by atoms with van der Waals surface area (Å²) in [5.41, 5.74) is 6.56. The van der Waals surface area contributed by atoms with E-state index in [1.54, 1.807) is 6.92 Å². The molecule has 2 atom stereocenters. The van der Waals surface area contributed by atoms with Crippen LogP contribution in [0.5, 0.6) is 0 Å². The van der Waals surface area contributed by atoms with Crippen LogP contribution >= 0.6 is 0 Å². The molecule has 4 nitrogen and oxygen atoms in total. The average Bonchev–Trinajstić information content (AvgIpc) is 2.27. The number of aliphatic hydroxyl groups excluding tert-OH is 1. The molecule has 4 heteroatoms. The molecular weight excluding hydrogens is 204 g/mol. The van der Waals surface area contributed by atoms with Crippen LogP contribution in [0.1, 0.15) is 12.5 Å². The van der Waals surface area contributed by atoms with Gasteiger partial charge in [0.2, 0.25) is 5.91 Å². The summed E-state index contributed by atoms with van der Waals surface area (Å²) in [6.45, 7) is 1.90. The van der Waals surface area contributed by atoms with E-state index in [9.17, 15) is 4.79 Å². The van der Waals surface area contributed by atoms with Crippen LogP contribution in [0.4, 0.5) is 0 Å². The van der Waals surface area contributed by atoms with Gasteiger partial charge in [0.05, 0.1) is 12.5 Å². The Hall–Kier alpha value is -1.39. The lowest BCUT2D eigenvalue weighted by molar-refractivity contribution is -0.120. The van der Waals surface area contributed by atoms with E-state index in [1.807, 2.05) is 30.3 Å². The molecule has 4 N–H and O–H groups in total. The van der Waals surface area contributed by atoms with Crippen LogP contribution in [0.3, 0.4) is 0 Å². The minimum absolute atomic E-state index is 0.0812. The molecule has 0 heterocycles. The molecule has 0 spiro atoms. The minimum atomic E-state index is -0.614. The summed E-state index contributed by atoms with van der Waals surface area (Å²) in [4.78, 5) is 11.5. The van der Waals surface area contributed by atoms with E-state index >= 15 is 0 Å². The molecule has 16 heavy (non-hydrogen) atoms. The summed E-state index contributed by atoms with van der Waals surface area (Å²) in [5, 5.41) is 11.8. The first kappa shape index (κ1) is 12.7. The topological polar surface area (TPSA) is 75.3 Å². The lowest BCUT2D eigenvalue weighted by atomic mass is 10.1. The molecule has 1 rings (SSSR count). The van der Waals surface area contributed by atoms with Gasteiger partial charge in [-0.05, 0) is 12.5 Å². The van der Waals surface area contributed by atoms with Crippen molar-refractivity contribution in [1.82, 2.24) is 5.32 Å². The number of carbonyl (C=O) groups is 1. The van der Waals surface area contributed by atoms with Crippen LogP contribution in [0.2, 0.25) is 0 Å². The molecule has 88 valence electrons. The van der Waals surface area contributed by atoms with E-state index in [0.29, 0.717) is 13.0 Å². The highest BCUT2D eigenvalue weighted by atomic mass is 16.3. The Morgan fingerprint density at radius 1 is 1.44 bits per heavy atom. The van der Waals surface area contributed by atoms with Crippen molar-refractivity contribution in [2.75, 3.05) is 6.54 Å². The van der Waals surface area contributed by atoms with Crippen molar-refractivity contribution in [2.45, 2.75) is 25.5 Å². The third kappa shape index (κ3) is 4.42. The zero-order valence-electron chi connectivity index (χ0n) is 9.39. The van der Waals surface area contributed by atoms with E-state index in [1.165, 1.54) is 0 Å².